The van der Waals surface area contributed by atoms with Crippen molar-refractivity contribution in [3.05, 3.63) is 47.2 Å². The van der Waals surface area contributed by atoms with E-state index in [2.05, 4.69) is 0 Å². The largest absolute Gasteiger partial charge is 0.504 e. The summed E-state index contributed by atoms with van der Waals surface area (Å²) in [6.45, 7) is -0.694. The zero-order valence-electron chi connectivity index (χ0n) is 22.3. The van der Waals surface area contributed by atoms with Crippen molar-refractivity contribution in [3.63, 3.8) is 0 Å². The lowest BCUT2D eigenvalue weighted by atomic mass is 9.78. The van der Waals surface area contributed by atoms with Crippen molar-refractivity contribution >= 4 is 11.9 Å². The van der Waals surface area contributed by atoms with Crippen LogP contribution >= 0.6 is 0 Å². The highest BCUT2D eigenvalue weighted by atomic mass is 16.8. The summed E-state index contributed by atoms with van der Waals surface area (Å²) in [7, 11) is 2.51. The minimum absolute atomic E-state index is 0.0706. The van der Waals surface area contributed by atoms with Gasteiger partial charge in [-0.2, -0.15) is 0 Å². The molecule has 4 aliphatic heterocycles. The number of carbonyl (C=O) groups is 2. The number of aliphatic hydroxyl groups is 5. The highest BCUT2D eigenvalue weighted by molar-refractivity contribution is 5.94. The summed E-state index contributed by atoms with van der Waals surface area (Å²) in [5.41, 5.74) is -1.48. The lowest BCUT2D eigenvalue weighted by Crippen LogP contribution is -2.61. The third kappa shape index (κ3) is 4.27. The van der Waals surface area contributed by atoms with Crippen molar-refractivity contribution in [1.82, 2.24) is 0 Å². The number of epoxide rings is 1. The minimum Gasteiger partial charge on any atom is -0.504 e. The number of carbonyl (C=O) groups excluding carboxylic acids is 2. The van der Waals surface area contributed by atoms with Crippen LogP contribution in [0, 0.1) is 11.8 Å². The Hall–Kier alpha value is -3.28. The second-order valence-corrected chi connectivity index (χ2v) is 10.7. The maximum atomic E-state index is 13.3. The quantitative estimate of drug-likeness (QED) is 0.147. The smallest absolute Gasteiger partial charge is 0.337 e. The monoisotopic (exact) mass is 594 g/mol. The van der Waals surface area contributed by atoms with E-state index in [1.807, 2.05) is 0 Å². The minimum atomic E-state index is -1.76. The molecule has 1 aliphatic carbocycles. The van der Waals surface area contributed by atoms with Crippen LogP contribution in [0.25, 0.3) is 0 Å². The van der Waals surface area contributed by atoms with Gasteiger partial charge in [0.1, 0.15) is 36.6 Å². The Morgan fingerprint density at radius 1 is 1.10 bits per heavy atom. The maximum absolute atomic E-state index is 13.3. The Morgan fingerprint density at radius 3 is 2.55 bits per heavy atom. The van der Waals surface area contributed by atoms with Crippen LogP contribution in [0.15, 0.2) is 41.7 Å². The summed E-state index contributed by atoms with van der Waals surface area (Å²) in [5.74, 6) is -3.51. The van der Waals surface area contributed by atoms with Crippen LogP contribution in [0.3, 0.4) is 0 Å². The van der Waals surface area contributed by atoms with Gasteiger partial charge >= 0.3 is 11.9 Å². The molecule has 15 heteroatoms. The number of esters is 2. The molecule has 2 unspecified atom stereocenters. The lowest BCUT2D eigenvalue weighted by Gasteiger charge is -2.45. The molecule has 0 aromatic heterocycles. The van der Waals surface area contributed by atoms with E-state index in [0.717, 1.165) is 6.26 Å². The number of phenolic OH excluding ortho intramolecular Hbond substituents is 1. The van der Waals surface area contributed by atoms with E-state index in [0.29, 0.717) is 0 Å². The van der Waals surface area contributed by atoms with Gasteiger partial charge in [-0.05, 0) is 23.8 Å². The molecule has 2 saturated heterocycles. The average molecular weight is 595 g/mol. The third-order valence-corrected chi connectivity index (χ3v) is 8.45. The van der Waals surface area contributed by atoms with Crippen molar-refractivity contribution in [3.8, 4) is 11.5 Å². The summed E-state index contributed by atoms with van der Waals surface area (Å²) in [6.07, 6.45) is -9.79. The van der Waals surface area contributed by atoms with Gasteiger partial charge in [0, 0.05) is 5.92 Å². The zero-order chi connectivity index (χ0) is 30.1. The number of methoxy groups -OCH3 is 2. The second kappa shape index (κ2) is 10.5. The molecule has 1 aromatic carbocycles. The average Bonchev–Trinajstić information content (AvgIpc) is 3.66. The number of rotatable bonds is 7. The molecule has 1 saturated carbocycles. The Kier molecular flexibility index (Phi) is 7.18. The molecule has 1 aromatic rings. The number of hydrogen-bond acceptors (Lipinski definition) is 15. The molecule has 0 amide bonds. The summed E-state index contributed by atoms with van der Waals surface area (Å²) in [4.78, 5) is 25.9. The van der Waals surface area contributed by atoms with E-state index in [4.69, 9.17) is 33.2 Å². The third-order valence-electron chi connectivity index (χ3n) is 8.45. The van der Waals surface area contributed by atoms with Crippen molar-refractivity contribution in [2.45, 2.75) is 60.9 Å². The Labute approximate surface area is 238 Å². The Bertz CT molecular complexity index is 1320. The van der Waals surface area contributed by atoms with Gasteiger partial charge in [-0.25, -0.2) is 9.59 Å². The van der Waals surface area contributed by atoms with Crippen molar-refractivity contribution in [1.29, 1.82) is 0 Å². The normalized spacial score (nSPS) is 40.7. The van der Waals surface area contributed by atoms with Gasteiger partial charge < -0.3 is 63.8 Å². The molecule has 12 atom stereocenters. The molecule has 5 aliphatic rings. The fraction of sp³-hybridized carbons (Fsp3) is 0.556. The molecular weight excluding hydrogens is 564 g/mol. The molecule has 4 heterocycles. The highest BCUT2D eigenvalue weighted by Crippen LogP contribution is 2.63. The number of fused-ring (bicyclic) bond motifs is 5. The van der Waals surface area contributed by atoms with Crippen molar-refractivity contribution in [2.75, 3.05) is 20.8 Å². The highest BCUT2D eigenvalue weighted by Gasteiger charge is 2.78. The molecule has 3 fully saturated rings. The number of ether oxygens (including phenoxy) is 7. The molecule has 6 rings (SSSR count). The molecule has 42 heavy (non-hydrogen) atoms. The lowest BCUT2D eigenvalue weighted by molar-refractivity contribution is -0.347. The standard InChI is InChI=1S/C27H30O15/c1-36-13-5-9(3-4-12(13)29)17(30)10-6-27(42-24(10)35)16-15(21-22(27)40-21)11(23(34)37-2)8-38-25(16)41-26-20(33)19(32)18(31)14(7-28)39-26/h3-6,8,14-22,25-26,28-33H,7H2,1-2H3/t14-,15-,16-,17?,18-,19+,20-,21+,22+,25+,26?,27-/m1/s1. The topological polar surface area (TPSA) is 223 Å². The summed E-state index contributed by atoms with van der Waals surface area (Å²) in [6, 6.07) is 4.06. The molecule has 1 spiro atoms. The van der Waals surface area contributed by atoms with Crippen LogP contribution in [0.1, 0.15) is 11.7 Å². The Morgan fingerprint density at radius 2 is 1.86 bits per heavy atom. The van der Waals surface area contributed by atoms with Crippen molar-refractivity contribution in [2.24, 2.45) is 11.8 Å². The number of aromatic hydroxyl groups is 1. The molecule has 15 nitrogen and oxygen atoms in total. The first-order valence-electron chi connectivity index (χ1n) is 13.1. The van der Waals surface area contributed by atoms with E-state index < -0.39 is 91.3 Å². The van der Waals surface area contributed by atoms with Crippen LogP contribution in [0.4, 0.5) is 0 Å². The predicted octanol–water partition coefficient (Wildman–Crippen LogP) is -2.10. The SMILES string of the molecule is COC(=O)C1=CO[C@@H](OC2O[C@H](CO)[C@@H](O)[C@H](O)[C@H]2O)[C@H]2[C@@H]1[C@@H]1O[C@@H]1[C@@]21C=C(C(O)c2ccc(O)c(OC)c2)C(=O)O1. The van der Waals surface area contributed by atoms with Crippen molar-refractivity contribution < 1.29 is 73.4 Å². The molecule has 6 N–H and O–H groups in total. The van der Waals surface area contributed by atoms with E-state index in [-0.39, 0.29) is 28.2 Å². The first kappa shape index (κ1) is 28.8. The first-order valence-corrected chi connectivity index (χ1v) is 13.1. The van der Waals surface area contributed by atoms with Crippen LogP contribution in [-0.2, 0) is 38.0 Å². The van der Waals surface area contributed by atoms with E-state index in [1.165, 1.54) is 38.5 Å². The van der Waals surface area contributed by atoms with Gasteiger partial charge in [-0.15, -0.1) is 0 Å². The van der Waals surface area contributed by atoms with Crippen LogP contribution in [0.2, 0.25) is 0 Å². The molecular formula is C27H30O15. The Balaban J connectivity index is 1.37. The molecule has 228 valence electrons. The van der Waals surface area contributed by atoms with E-state index in [1.54, 1.807) is 0 Å². The zero-order valence-corrected chi connectivity index (χ0v) is 22.3. The predicted molar refractivity (Wildman–Crippen MR) is 132 cm³/mol. The first-order chi connectivity index (χ1) is 20.1. The maximum Gasteiger partial charge on any atom is 0.337 e. The van der Waals surface area contributed by atoms with Gasteiger partial charge in [0.15, 0.2) is 23.4 Å². The summed E-state index contributed by atoms with van der Waals surface area (Å²) < 4.78 is 38.9. The molecule has 0 bridgehead atoms. The molecule has 0 radical (unpaired) electrons. The fourth-order valence-electron chi connectivity index (χ4n) is 6.31. The summed E-state index contributed by atoms with van der Waals surface area (Å²) >= 11 is 0. The number of phenols is 1. The summed E-state index contributed by atoms with van der Waals surface area (Å²) in [5, 5.41) is 61.6. The van der Waals surface area contributed by atoms with Crippen LogP contribution in [-0.4, -0.2) is 118 Å². The van der Waals surface area contributed by atoms with Gasteiger partial charge in [0.05, 0.1) is 50.3 Å². The van der Waals surface area contributed by atoms with Gasteiger partial charge in [-0.3, -0.25) is 0 Å². The fourth-order valence-corrected chi connectivity index (χ4v) is 6.31. The number of benzene rings is 1. The number of hydrogen-bond donors (Lipinski definition) is 6. The van der Waals surface area contributed by atoms with Crippen LogP contribution < -0.4 is 4.74 Å². The van der Waals surface area contributed by atoms with Crippen LogP contribution in [0.5, 0.6) is 11.5 Å². The van der Waals surface area contributed by atoms with Gasteiger partial charge in [0.2, 0.25) is 6.29 Å². The van der Waals surface area contributed by atoms with E-state index >= 15 is 0 Å². The van der Waals surface area contributed by atoms with Gasteiger partial charge in [-0.1, -0.05) is 6.07 Å². The van der Waals surface area contributed by atoms with E-state index in [9.17, 15) is 40.2 Å². The number of aliphatic hydroxyl groups excluding tert-OH is 5. The second-order valence-electron chi connectivity index (χ2n) is 10.7. The van der Waals surface area contributed by atoms with Gasteiger partial charge in [0.25, 0.3) is 0 Å².